The summed E-state index contributed by atoms with van der Waals surface area (Å²) in [7, 11) is 0. The van der Waals surface area contributed by atoms with E-state index in [1.165, 1.54) is 0 Å². The zero-order valence-corrected chi connectivity index (χ0v) is 5.83. The summed E-state index contributed by atoms with van der Waals surface area (Å²) in [5.41, 5.74) is -0.653. The third-order valence-electron chi connectivity index (χ3n) is 1.25. The van der Waals surface area contributed by atoms with Crippen LogP contribution in [0.15, 0.2) is 18.2 Å². The van der Waals surface area contributed by atoms with Crippen LogP contribution in [0.5, 0.6) is 0 Å². The average Bonchev–Trinajstić information content (AvgIpc) is 1.82. The SMILES string of the molecule is OC(O)(O)c1cc(F)cc(F)c1. The Morgan fingerprint density at radius 1 is 0.917 bits per heavy atom. The van der Waals surface area contributed by atoms with E-state index in [-0.39, 0.29) is 0 Å². The Morgan fingerprint density at radius 3 is 1.67 bits per heavy atom. The topological polar surface area (TPSA) is 60.7 Å². The highest BCUT2D eigenvalue weighted by molar-refractivity contribution is 5.20. The van der Waals surface area contributed by atoms with Crippen molar-refractivity contribution in [1.29, 1.82) is 0 Å². The number of hydrogen-bond acceptors (Lipinski definition) is 3. The molecule has 0 fully saturated rings. The fourth-order valence-electron chi connectivity index (χ4n) is 0.747. The molecule has 3 N–H and O–H groups in total. The lowest BCUT2D eigenvalue weighted by Gasteiger charge is -2.13. The molecule has 0 saturated carbocycles. The maximum atomic E-state index is 12.4. The smallest absolute Gasteiger partial charge is 0.304 e. The van der Waals surface area contributed by atoms with Gasteiger partial charge in [0.15, 0.2) is 0 Å². The van der Waals surface area contributed by atoms with Crippen molar-refractivity contribution in [2.45, 2.75) is 5.97 Å². The lowest BCUT2D eigenvalue weighted by atomic mass is 10.2. The average molecular weight is 176 g/mol. The van der Waals surface area contributed by atoms with Crippen molar-refractivity contribution in [2.75, 3.05) is 0 Å². The molecule has 0 aliphatic heterocycles. The van der Waals surface area contributed by atoms with Crippen LogP contribution in [0.25, 0.3) is 0 Å². The molecule has 0 spiro atoms. The van der Waals surface area contributed by atoms with E-state index in [0.29, 0.717) is 18.2 Å². The third kappa shape index (κ3) is 1.97. The molecule has 66 valence electrons. The Morgan fingerprint density at radius 2 is 1.33 bits per heavy atom. The first-order chi connectivity index (χ1) is 5.39. The summed E-state index contributed by atoms with van der Waals surface area (Å²) >= 11 is 0. The first-order valence-electron chi connectivity index (χ1n) is 3.03. The van der Waals surface area contributed by atoms with Gasteiger partial charge in [-0.3, -0.25) is 0 Å². The quantitative estimate of drug-likeness (QED) is 0.530. The van der Waals surface area contributed by atoms with Crippen molar-refractivity contribution >= 4 is 0 Å². The standard InChI is InChI=1S/C7H6F2O3/c8-5-1-4(7(10,11)12)2-6(9)3-5/h1-3,10-12H. The molecule has 0 atom stereocenters. The van der Waals surface area contributed by atoms with Gasteiger partial charge in [0.25, 0.3) is 0 Å². The molecule has 1 aromatic carbocycles. The summed E-state index contributed by atoms with van der Waals surface area (Å²) in [6, 6.07) is 1.78. The Kier molecular flexibility index (Phi) is 2.10. The van der Waals surface area contributed by atoms with E-state index in [9.17, 15) is 8.78 Å². The monoisotopic (exact) mass is 176 g/mol. The second-order valence-electron chi connectivity index (χ2n) is 2.29. The lowest BCUT2D eigenvalue weighted by molar-refractivity contribution is -0.324. The van der Waals surface area contributed by atoms with E-state index in [1.807, 2.05) is 0 Å². The van der Waals surface area contributed by atoms with Crippen LogP contribution in [0.4, 0.5) is 8.78 Å². The Balaban J connectivity index is 3.18. The summed E-state index contributed by atoms with van der Waals surface area (Å²) in [6.45, 7) is 0. The molecule has 0 aromatic heterocycles. The number of benzene rings is 1. The molecule has 0 saturated heterocycles. The molecule has 3 nitrogen and oxygen atoms in total. The predicted molar refractivity (Wildman–Crippen MR) is 34.7 cm³/mol. The largest absolute Gasteiger partial charge is 0.340 e. The van der Waals surface area contributed by atoms with Gasteiger partial charge in [-0.25, -0.2) is 8.78 Å². The van der Waals surface area contributed by atoms with E-state index in [1.54, 1.807) is 0 Å². The zero-order chi connectivity index (χ0) is 9.35. The highest BCUT2D eigenvalue weighted by Crippen LogP contribution is 2.16. The van der Waals surface area contributed by atoms with Gasteiger partial charge in [0, 0.05) is 11.6 Å². The van der Waals surface area contributed by atoms with Crippen LogP contribution in [0.2, 0.25) is 0 Å². The van der Waals surface area contributed by atoms with Crippen molar-refractivity contribution in [2.24, 2.45) is 0 Å². The molecular weight excluding hydrogens is 170 g/mol. The minimum Gasteiger partial charge on any atom is -0.340 e. The molecule has 0 aliphatic carbocycles. The van der Waals surface area contributed by atoms with Gasteiger partial charge in [-0.05, 0) is 12.1 Å². The molecule has 1 aromatic rings. The first kappa shape index (κ1) is 9.05. The molecule has 12 heavy (non-hydrogen) atoms. The summed E-state index contributed by atoms with van der Waals surface area (Å²) < 4.78 is 24.8. The highest BCUT2D eigenvalue weighted by Gasteiger charge is 2.22. The molecule has 0 bridgehead atoms. The number of halogens is 2. The summed E-state index contributed by atoms with van der Waals surface area (Å²) in [5.74, 6) is -5.19. The van der Waals surface area contributed by atoms with Crippen LogP contribution >= 0.6 is 0 Å². The van der Waals surface area contributed by atoms with Gasteiger partial charge in [-0.15, -0.1) is 0 Å². The third-order valence-corrected chi connectivity index (χ3v) is 1.25. The molecule has 0 radical (unpaired) electrons. The van der Waals surface area contributed by atoms with Gasteiger partial charge >= 0.3 is 5.97 Å². The van der Waals surface area contributed by atoms with Gasteiger partial charge in [0.1, 0.15) is 11.6 Å². The zero-order valence-electron chi connectivity index (χ0n) is 5.83. The molecule has 0 amide bonds. The number of aliphatic hydroxyl groups is 3. The van der Waals surface area contributed by atoms with Crippen LogP contribution in [-0.2, 0) is 5.97 Å². The molecular formula is C7H6F2O3. The van der Waals surface area contributed by atoms with E-state index < -0.39 is 23.2 Å². The minimum atomic E-state index is -3.21. The van der Waals surface area contributed by atoms with Gasteiger partial charge in [-0.1, -0.05) is 0 Å². The summed E-state index contributed by atoms with van der Waals surface area (Å²) in [6.07, 6.45) is 0. The second kappa shape index (κ2) is 2.78. The fraction of sp³-hybridized carbons (Fsp3) is 0.143. The van der Waals surface area contributed by atoms with E-state index in [0.717, 1.165) is 0 Å². The second-order valence-corrected chi connectivity index (χ2v) is 2.29. The fourth-order valence-corrected chi connectivity index (χ4v) is 0.747. The maximum Gasteiger partial charge on any atom is 0.304 e. The van der Waals surface area contributed by atoms with Crippen LogP contribution in [0.3, 0.4) is 0 Å². The number of rotatable bonds is 1. The van der Waals surface area contributed by atoms with E-state index >= 15 is 0 Å². The number of hydrogen-bond donors (Lipinski definition) is 3. The first-order valence-corrected chi connectivity index (χ1v) is 3.03. The Labute approximate surface area is 66.5 Å². The van der Waals surface area contributed by atoms with E-state index in [4.69, 9.17) is 15.3 Å². The van der Waals surface area contributed by atoms with Gasteiger partial charge in [-0.2, -0.15) is 0 Å². The Hall–Kier alpha value is -1.04. The molecule has 5 heteroatoms. The van der Waals surface area contributed by atoms with Crippen molar-refractivity contribution in [3.8, 4) is 0 Å². The summed E-state index contributed by atoms with van der Waals surface area (Å²) in [4.78, 5) is 0. The van der Waals surface area contributed by atoms with Crippen LogP contribution < -0.4 is 0 Å². The van der Waals surface area contributed by atoms with Crippen LogP contribution in [0, 0.1) is 11.6 Å². The molecule has 0 heterocycles. The van der Waals surface area contributed by atoms with Crippen molar-refractivity contribution in [3.05, 3.63) is 35.4 Å². The van der Waals surface area contributed by atoms with Gasteiger partial charge in [0.2, 0.25) is 0 Å². The lowest BCUT2D eigenvalue weighted by Crippen LogP contribution is -2.24. The van der Waals surface area contributed by atoms with Crippen LogP contribution in [-0.4, -0.2) is 15.3 Å². The predicted octanol–water partition coefficient (Wildman–Crippen LogP) is 0.0520. The summed E-state index contributed by atoms with van der Waals surface area (Å²) in [5, 5.41) is 25.5. The van der Waals surface area contributed by atoms with Crippen molar-refractivity contribution < 1.29 is 24.1 Å². The normalized spacial score (nSPS) is 11.8. The van der Waals surface area contributed by atoms with Crippen molar-refractivity contribution in [1.82, 2.24) is 0 Å². The van der Waals surface area contributed by atoms with E-state index in [2.05, 4.69) is 0 Å². The highest BCUT2D eigenvalue weighted by atomic mass is 19.1. The van der Waals surface area contributed by atoms with Gasteiger partial charge in [0.05, 0.1) is 0 Å². The van der Waals surface area contributed by atoms with Crippen molar-refractivity contribution in [3.63, 3.8) is 0 Å². The minimum absolute atomic E-state index is 0.551. The van der Waals surface area contributed by atoms with Crippen LogP contribution in [0.1, 0.15) is 5.56 Å². The Bertz CT molecular complexity index is 273. The molecule has 1 rings (SSSR count). The molecule has 0 aliphatic rings. The molecule has 0 unspecified atom stereocenters. The van der Waals surface area contributed by atoms with Gasteiger partial charge < -0.3 is 15.3 Å². The maximum absolute atomic E-state index is 12.4.